The number of amides is 1. The van der Waals surface area contributed by atoms with Crippen molar-refractivity contribution in [1.82, 2.24) is 4.90 Å². The molecule has 2 nitrogen and oxygen atoms in total. The van der Waals surface area contributed by atoms with Crippen molar-refractivity contribution in [3.8, 4) is 0 Å². The zero-order valence-electron chi connectivity index (χ0n) is 10.5. The number of carbonyl (C=O) groups is 1. The molecule has 1 aromatic carbocycles. The van der Waals surface area contributed by atoms with Gasteiger partial charge in [0.25, 0.3) is 5.91 Å². The van der Waals surface area contributed by atoms with Gasteiger partial charge in [-0.3, -0.25) is 4.79 Å². The molecule has 0 spiro atoms. The molecular weight excluding hydrogens is 377 g/mol. The highest BCUT2D eigenvalue weighted by atomic mass is 79.9. The molecule has 1 aliphatic carbocycles. The third-order valence-electron chi connectivity index (χ3n) is 3.51. The number of benzene rings is 1. The van der Waals surface area contributed by atoms with E-state index in [-0.39, 0.29) is 17.5 Å². The Kier molecular flexibility index (Phi) is 5.39. The number of hydrogen-bond acceptors (Lipinski definition) is 1. The van der Waals surface area contributed by atoms with Gasteiger partial charge in [-0.15, -0.1) is 0 Å². The Morgan fingerprint density at radius 1 is 1.37 bits per heavy atom. The first kappa shape index (κ1) is 15.0. The van der Waals surface area contributed by atoms with E-state index in [1.165, 1.54) is 6.07 Å². The van der Waals surface area contributed by atoms with Crippen LogP contribution in [0.2, 0.25) is 0 Å². The number of carbonyl (C=O) groups excluding carboxylic acids is 1. The minimum atomic E-state index is -0.461. The SMILES string of the molecule is O=C(c1ccc(Br)cc1F)N(CCBr)C1CCCC1. The zero-order chi connectivity index (χ0) is 13.8. The minimum Gasteiger partial charge on any atom is -0.335 e. The van der Waals surface area contributed by atoms with Crippen LogP contribution in [-0.4, -0.2) is 28.7 Å². The molecule has 2 rings (SSSR count). The molecule has 0 atom stereocenters. The Bertz CT molecular complexity index is 461. The molecule has 0 unspecified atom stereocenters. The highest BCUT2D eigenvalue weighted by Gasteiger charge is 2.28. The van der Waals surface area contributed by atoms with Gasteiger partial charge >= 0.3 is 0 Å². The van der Waals surface area contributed by atoms with Crippen LogP contribution >= 0.6 is 31.9 Å². The normalized spacial score (nSPS) is 15.7. The average Bonchev–Trinajstić information content (AvgIpc) is 2.89. The molecule has 1 aliphatic rings. The van der Waals surface area contributed by atoms with Gasteiger partial charge in [0.2, 0.25) is 0 Å². The largest absolute Gasteiger partial charge is 0.335 e. The fourth-order valence-electron chi connectivity index (χ4n) is 2.57. The highest BCUT2D eigenvalue weighted by Crippen LogP contribution is 2.26. The van der Waals surface area contributed by atoms with Gasteiger partial charge in [0.15, 0.2) is 0 Å². The first-order chi connectivity index (χ1) is 9.13. The molecule has 0 aliphatic heterocycles. The Morgan fingerprint density at radius 3 is 2.63 bits per heavy atom. The molecule has 0 radical (unpaired) electrons. The van der Waals surface area contributed by atoms with Gasteiger partial charge < -0.3 is 4.90 Å². The van der Waals surface area contributed by atoms with E-state index in [1.807, 2.05) is 4.90 Å². The highest BCUT2D eigenvalue weighted by molar-refractivity contribution is 9.10. The van der Waals surface area contributed by atoms with E-state index >= 15 is 0 Å². The quantitative estimate of drug-likeness (QED) is 0.696. The molecule has 5 heteroatoms. The molecular formula is C14H16Br2FNO. The van der Waals surface area contributed by atoms with E-state index < -0.39 is 5.82 Å². The van der Waals surface area contributed by atoms with Crippen LogP contribution in [0.1, 0.15) is 36.0 Å². The maximum absolute atomic E-state index is 13.9. The van der Waals surface area contributed by atoms with Crippen LogP contribution in [0.5, 0.6) is 0 Å². The van der Waals surface area contributed by atoms with E-state index in [9.17, 15) is 9.18 Å². The zero-order valence-corrected chi connectivity index (χ0v) is 13.7. The van der Waals surface area contributed by atoms with E-state index in [1.54, 1.807) is 12.1 Å². The van der Waals surface area contributed by atoms with Crippen LogP contribution in [0.15, 0.2) is 22.7 Å². The summed E-state index contributed by atoms with van der Waals surface area (Å²) < 4.78 is 14.5. The van der Waals surface area contributed by atoms with Gasteiger partial charge in [0.05, 0.1) is 5.56 Å². The molecule has 1 saturated carbocycles. The van der Waals surface area contributed by atoms with Crippen molar-refractivity contribution in [3.05, 3.63) is 34.1 Å². The fraction of sp³-hybridized carbons (Fsp3) is 0.500. The summed E-state index contributed by atoms with van der Waals surface area (Å²) in [5, 5.41) is 0.716. The third kappa shape index (κ3) is 3.57. The van der Waals surface area contributed by atoms with Crippen LogP contribution < -0.4 is 0 Å². The van der Waals surface area contributed by atoms with Crippen molar-refractivity contribution in [2.45, 2.75) is 31.7 Å². The molecule has 0 N–H and O–H groups in total. The van der Waals surface area contributed by atoms with Gasteiger partial charge in [0.1, 0.15) is 5.82 Å². The fourth-order valence-corrected chi connectivity index (χ4v) is 3.29. The smallest absolute Gasteiger partial charge is 0.257 e. The molecule has 104 valence electrons. The predicted octanol–water partition coefficient (Wildman–Crippen LogP) is 4.37. The third-order valence-corrected chi connectivity index (χ3v) is 4.36. The van der Waals surface area contributed by atoms with Crippen LogP contribution in [0.4, 0.5) is 4.39 Å². The Morgan fingerprint density at radius 2 is 2.05 bits per heavy atom. The van der Waals surface area contributed by atoms with Crippen LogP contribution in [-0.2, 0) is 0 Å². The number of rotatable bonds is 4. The van der Waals surface area contributed by atoms with E-state index in [2.05, 4.69) is 31.9 Å². The summed E-state index contributed by atoms with van der Waals surface area (Å²) in [7, 11) is 0. The molecule has 0 bridgehead atoms. The number of halogens is 3. The molecule has 19 heavy (non-hydrogen) atoms. The van der Waals surface area contributed by atoms with E-state index in [0.717, 1.165) is 25.7 Å². The second kappa shape index (κ2) is 6.84. The molecule has 1 fully saturated rings. The average molecular weight is 393 g/mol. The summed E-state index contributed by atoms with van der Waals surface area (Å²) in [6.45, 7) is 0.624. The monoisotopic (exact) mass is 391 g/mol. The van der Waals surface area contributed by atoms with Crippen LogP contribution in [0.25, 0.3) is 0 Å². The Labute approximate surface area is 129 Å². The lowest BCUT2D eigenvalue weighted by Gasteiger charge is -2.28. The van der Waals surface area contributed by atoms with Crippen molar-refractivity contribution in [2.75, 3.05) is 11.9 Å². The Balaban J connectivity index is 2.22. The topological polar surface area (TPSA) is 20.3 Å². The second-order valence-corrected chi connectivity index (χ2v) is 6.46. The molecule has 0 aromatic heterocycles. The van der Waals surface area contributed by atoms with Crippen molar-refractivity contribution in [1.29, 1.82) is 0 Å². The molecule has 0 heterocycles. The predicted molar refractivity (Wildman–Crippen MR) is 81.2 cm³/mol. The second-order valence-electron chi connectivity index (χ2n) is 4.75. The van der Waals surface area contributed by atoms with Crippen molar-refractivity contribution in [3.63, 3.8) is 0 Å². The number of alkyl halides is 1. The summed E-state index contributed by atoms with van der Waals surface area (Å²) in [6, 6.07) is 4.86. The van der Waals surface area contributed by atoms with Crippen molar-refractivity contribution >= 4 is 37.8 Å². The minimum absolute atomic E-state index is 0.163. The van der Waals surface area contributed by atoms with E-state index in [4.69, 9.17) is 0 Å². The van der Waals surface area contributed by atoms with Crippen LogP contribution in [0, 0.1) is 5.82 Å². The lowest BCUT2D eigenvalue weighted by atomic mass is 10.1. The maximum Gasteiger partial charge on any atom is 0.257 e. The van der Waals surface area contributed by atoms with Crippen molar-refractivity contribution < 1.29 is 9.18 Å². The van der Waals surface area contributed by atoms with E-state index in [0.29, 0.717) is 16.3 Å². The summed E-state index contributed by atoms with van der Waals surface area (Å²) in [5.74, 6) is -0.659. The standard InChI is InChI=1S/C14H16Br2FNO/c15-7-8-18(11-3-1-2-4-11)14(19)12-6-5-10(16)9-13(12)17/h5-6,9,11H,1-4,7-8H2. The lowest BCUT2D eigenvalue weighted by Crippen LogP contribution is -2.40. The number of nitrogens with zero attached hydrogens (tertiary/aromatic N) is 1. The van der Waals surface area contributed by atoms with Crippen LogP contribution in [0.3, 0.4) is 0 Å². The van der Waals surface area contributed by atoms with Gasteiger partial charge in [-0.2, -0.15) is 0 Å². The Hall–Kier alpha value is -0.420. The lowest BCUT2D eigenvalue weighted by molar-refractivity contribution is 0.0691. The molecule has 1 aromatic rings. The summed E-state index contributed by atoms with van der Waals surface area (Å²) in [6.07, 6.45) is 4.35. The van der Waals surface area contributed by atoms with Gasteiger partial charge in [-0.25, -0.2) is 4.39 Å². The first-order valence-electron chi connectivity index (χ1n) is 6.45. The van der Waals surface area contributed by atoms with Gasteiger partial charge in [0, 0.05) is 22.4 Å². The summed E-state index contributed by atoms with van der Waals surface area (Å²) in [5.41, 5.74) is 0.163. The van der Waals surface area contributed by atoms with Crippen molar-refractivity contribution in [2.24, 2.45) is 0 Å². The maximum atomic E-state index is 13.9. The summed E-state index contributed by atoms with van der Waals surface area (Å²) >= 11 is 6.58. The molecule has 1 amide bonds. The first-order valence-corrected chi connectivity index (χ1v) is 8.37. The molecule has 0 saturated heterocycles. The van der Waals surface area contributed by atoms with Gasteiger partial charge in [-0.1, -0.05) is 44.7 Å². The van der Waals surface area contributed by atoms with Gasteiger partial charge in [-0.05, 0) is 31.0 Å². The summed E-state index contributed by atoms with van der Waals surface area (Å²) in [4.78, 5) is 14.3. The number of hydrogen-bond donors (Lipinski definition) is 0.